The van der Waals surface area contributed by atoms with E-state index in [1.807, 2.05) is 19.3 Å². The van der Waals surface area contributed by atoms with Gasteiger partial charge in [0.1, 0.15) is 0 Å². The van der Waals surface area contributed by atoms with Crippen molar-refractivity contribution in [2.75, 3.05) is 5.33 Å². The van der Waals surface area contributed by atoms with Gasteiger partial charge in [-0.2, -0.15) is 10.4 Å². The largest absolute Gasteiger partial charge is 0.276 e. The molecule has 0 radical (unpaired) electrons. The number of aryl methyl sites for hydroxylation is 1. The van der Waals surface area contributed by atoms with Gasteiger partial charge in [-0.3, -0.25) is 4.68 Å². The number of alkyl halides is 1. The minimum absolute atomic E-state index is 0.0277. The number of hydrogen-bond donors (Lipinski definition) is 0. The lowest BCUT2D eigenvalue weighted by atomic mass is 10.1. The van der Waals surface area contributed by atoms with E-state index in [1.54, 1.807) is 4.68 Å². The predicted octanol–water partition coefficient (Wildman–Crippen LogP) is 1.50. The molecular formula is C8H10BrN3. The van der Waals surface area contributed by atoms with Crippen molar-refractivity contribution in [2.24, 2.45) is 13.0 Å². The van der Waals surface area contributed by atoms with Gasteiger partial charge in [0, 0.05) is 25.0 Å². The van der Waals surface area contributed by atoms with E-state index in [4.69, 9.17) is 5.26 Å². The first-order valence-electron chi connectivity index (χ1n) is 3.70. The van der Waals surface area contributed by atoms with Crippen LogP contribution in [-0.4, -0.2) is 15.1 Å². The molecule has 0 spiro atoms. The van der Waals surface area contributed by atoms with Gasteiger partial charge in [0.25, 0.3) is 0 Å². The summed E-state index contributed by atoms with van der Waals surface area (Å²) in [5.74, 6) is 0.0277. The fraction of sp³-hybridized carbons (Fsp3) is 0.500. The lowest BCUT2D eigenvalue weighted by molar-refractivity contribution is 0.691. The Morgan fingerprint density at radius 1 is 1.83 bits per heavy atom. The Morgan fingerprint density at radius 3 is 3.00 bits per heavy atom. The van der Waals surface area contributed by atoms with Gasteiger partial charge < -0.3 is 0 Å². The number of aromatic nitrogens is 2. The molecule has 0 saturated carbocycles. The van der Waals surface area contributed by atoms with Gasteiger partial charge in [0.2, 0.25) is 0 Å². The van der Waals surface area contributed by atoms with Crippen molar-refractivity contribution >= 4 is 15.9 Å². The van der Waals surface area contributed by atoms with Gasteiger partial charge in [-0.05, 0) is 6.07 Å². The molecule has 64 valence electrons. The third-order valence-corrected chi connectivity index (χ3v) is 2.37. The lowest BCUT2D eigenvalue weighted by Crippen LogP contribution is -2.04. The van der Waals surface area contributed by atoms with Crippen molar-refractivity contribution in [2.45, 2.75) is 6.42 Å². The molecule has 4 heteroatoms. The van der Waals surface area contributed by atoms with Crippen molar-refractivity contribution in [3.05, 3.63) is 18.0 Å². The Bertz CT molecular complexity index is 287. The van der Waals surface area contributed by atoms with E-state index in [1.165, 1.54) is 0 Å². The summed E-state index contributed by atoms with van der Waals surface area (Å²) < 4.78 is 1.75. The van der Waals surface area contributed by atoms with E-state index in [9.17, 15) is 0 Å². The molecule has 0 fully saturated rings. The Balaban J connectivity index is 2.58. The molecular weight excluding hydrogens is 218 g/mol. The van der Waals surface area contributed by atoms with Crippen LogP contribution in [0.3, 0.4) is 0 Å². The summed E-state index contributed by atoms with van der Waals surface area (Å²) in [6.07, 6.45) is 2.61. The van der Waals surface area contributed by atoms with Crippen LogP contribution in [0.15, 0.2) is 12.3 Å². The maximum absolute atomic E-state index is 8.68. The molecule has 1 rings (SSSR count). The van der Waals surface area contributed by atoms with Crippen molar-refractivity contribution in [1.29, 1.82) is 5.26 Å². The second-order valence-corrected chi connectivity index (χ2v) is 3.31. The summed E-state index contributed by atoms with van der Waals surface area (Å²) in [6, 6.07) is 4.15. The number of rotatable bonds is 3. The van der Waals surface area contributed by atoms with Gasteiger partial charge in [-0.1, -0.05) is 15.9 Å². The summed E-state index contributed by atoms with van der Waals surface area (Å²) in [7, 11) is 1.87. The van der Waals surface area contributed by atoms with Crippen molar-refractivity contribution in [3.8, 4) is 6.07 Å². The minimum Gasteiger partial charge on any atom is -0.276 e. The maximum Gasteiger partial charge on any atom is 0.0668 e. The van der Waals surface area contributed by atoms with Gasteiger partial charge in [0.05, 0.1) is 17.7 Å². The average Bonchev–Trinajstić information content (AvgIpc) is 2.47. The first kappa shape index (κ1) is 9.27. The smallest absolute Gasteiger partial charge is 0.0668 e. The zero-order chi connectivity index (χ0) is 8.97. The van der Waals surface area contributed by atoms with E-state index in [0.29, 0.717) is 5.33 Å². The summed E-state index contributed by atoms with van der Waals surface area (Å²) in [5.41, 5.74) is 0.975. The molecule has 0 amide bonds. The molecule has 0 aliphatic rings. The normalized spacial score (nSPS) is 12.4. The third-order valence-electron chi connectivity index (χ3n) is 1.59. The van der Waals surface area contributed by atoms with Crippen LogP contribution in [0.4, 0.5) is 0 Å². The second-order valence-electron chi connectivity index (χ2n) is 2.67. The highest BCUT2D eigenvalue weighted by Crippen LogP contribution is 2.07. The topological polar surface area (TPSA) is 41.6 Å². The zero-order valence-corrected chi connectivity index (χ0v) is 8.45. The van der Waals surface area contributed by atoms with Crippen LogP contribution in [0, 0.1) is 17.2 Å². The first-order valence-corrected chi connectivity index (χ1v) is 4.82. The molecule has 3 nitrogen and oxygen atoms in total. The maximum atomic E-state index is 8.68. The Morgan fingerprint density at radius 2 is 2.58 bits per heavy atom. The van der Waals surface area contributed by atoms with Gasteiger partial charge in [-0.25, -0.2) is 0 Å². The zero-order valence-electron chi connectivity index (χ0n) is 6.87. The average molecular weight is 228 g/mol. The number of nitriles is 1. The number of halogens is 1. The molecule has 1 aromatic rings. The van der Waals surface area contributed by atoms with Crippen molar-refractivity contribution < 1.29 is 0 Å². The van der Waals surface area contributed by atoms with Crippen LogP contribution in [0.5, 0.6) is 0 Å². The van der Waals surface area contributed by atoms with Crippen LogP contribution in [0.2, 0.25) is 0 Å². The SMILES string of the molecule is Cn1ccc(CC(C#N)CBr)n1. The molecule has 0 saturated heterocycles. The highest BCUT2D eigenvalue weighted by molar-refractivity contribution is 9.09. The Kier molecular flexibility index (Phi) is 3.30. The van der Waals surface area contributed by atoms with Crippen LogP contribution in [0.1, 0.15) is 5.69 Å². The third kappa shape index (κ3) is 2.35. The fourth-order valence-corrected chi connectivity index (χ4v) is 1.33. The fourth-order valence-electron chi connectivity index (χ4n) is 0.959. The standard InChI is InChI=1S/C8H10BrN3/c1-12-3-2-8(11-12)4-7(5-9)6-10/h2-3,7H,4-5H2,1H3. The van der Waals surface area contributed by atoms with E-state index in [-0.39, 0.29) is 5.92 Å². The molecule has 0 aromatic carbocycles. The van der Waals surface area contributed by atoms with Crippen molar-refractivity contribution in [1.82, 2.24) is 9.78 Å². The molecule has 0 bridgehead atoms. The molecule has 1 heterocycles. The molecule has 0 aliphatic carbocycles. The Hall–Kier alpha value is -0.820. The first-order chi connectivity index (χ1) is 5.76. The monoisotopic (exact) mass is 227 g/mol. The van der Waals surface area contributed by atoms with Gasteiger partial charge >= 0.3 is 0 Å². The minimum atomic E-state index is 0.0277. The summed E-state index contributed by atoms with van der Waals surface area (Å²) >= 11 is 3.28. The summed E-state index contributed by atoms with van der Waals surface area (Å²) in [4.78, 5) is 0. The lowest BCUT2D eigenvalue weighted by Gasteiger charge is -2.00. The Labute approximate surface area is 80.1 Å². The predicted molar refractivity (Wildman–Crippen MR) is 49.8 cm³/mol. The highest BCUT2D eigenvalue weighted by Gasteiger charge is 2.07. The highest BCUT2D eigenvalue weighted by atomic mass is 79.9. The molecule has 0 N–H and O–H groups in total. The van der Waals surface area contributed by atoms with E-state index < -0.39 is 0 Å². The van der Waals surface area contributed by atoms with Crippen LogP contribution in [0.25, 0.3) is 0 Å². The van der Waals surface area contributed by atoms with Gasteiger partial charge in [-0.15, -0.1) is 0 Å². The molecule has 1 atom stereocenters. The van der Waals surface area contributed by atoms with E-state index >= 15 is 0 Å². The van der Waals surface area contributed by atoms with Crippen molar-refractivity contribution in [3.63, 3.8) is 0 Å². The van der Waals surface area contributed by atoms with Crippen LogP contribution in [-0.2, 0) is 13.5 Å². The molecule has 0 aliphatic heterocycles. The molecule has 1 unspecified atom stereocenters. The summed E-state index contributed by atoms with van der Waals surface area (Å²) in [5, 5.41) is 13.6. The summed E-state index contributed by atoms with van der Waals surface area (Å²) in [6.45, 7) is 0. The second kappa shape index (κ2) is 4.27. The number of nitrogens with zero attached hydrogens (tertiary/aromatic N) is 3. The quantitative estimate of drug-likeness (QED) is 0.735. The van der Waals surface area contributed by atoms with E-state index in [2.05, 4.69) is 27.1 Å². The van der Waals surface area contributed by atoms with E-state index in [0.717, 1.165) is 12.1 Å². The molecule has 12 heavy (non-hydrogen) atoms. The van der Waals surface area contributed by atoms with Crippen LogP contribution >= 0.6 is 15.9 Å². The van der Waals surface area contributed by atoms with Crippen LogP contribution < -0.4 is 0 Å². The number of hydrogen-bond acceptors (Lipinski definition) is 2. The van der Waals surface area contributed by atoms with Gasteiger partial charge in [0.15, 0.2) is 0 Å². The molecule has 1 aromatic heterocycles.